The number of nitrogens with zero attached hydrogens (tertiary/aromatic N) is 2. The minimum Gasteiger partial charge on any atom is -0.321 e. The molecule has 0 radical (unpaired) electrons. The summed E-state index contributed by atoms with van der Waals surface area (Å²) in [6.45, 7) is 0. The summed E-state index contributed by atoms with van der Waals surface area (Å²) >= 11 is 0. The van der Waals surface area contributed by atoms with Crippen LogP contribution in [-0.4, -0.2) is 29.7 Å². The molecule has 2 aromatic rings. The lowest BCUT2D eigenvalue weighted by atomic mass is 10.3. The van der Waals surface area contributed by atoms with Crippen LogP contribution in [0.2, 0.25) is 0 Å². The van der Waals surface area contributed by atoms with Crippen molar-refractivity contribution in [3.05, 3.63) is 36.2 Å². The van der Waals surface area contributed by atoms with Crippen LogP contribution >= 0.6 is 0 Å². The first-order chi connectivity index (χ1) is 8.47. The Morgan fingerprint density at radius 3 is 2.78 bits per heavy atom. The average Bonchev–Trinajstić information content (AvgIpc) is 2.81. The van der Waals surface area contributed by atoms with Gasteiger partial charge in [-0.15, -0.1) is 0 Å². The predicted octanol–water partition coefficient (Wildman–Crippen LogP) is -0.296. The summed E-state index contributed by atoms with van der Waals surface area (Å²) in [5, 5.41) is 16.8. The third kappa shape index (κ3) is 2.70. The van der Waals surface area contributed by atoms with E-state index in [2.05, 4.69) is 20.7 Å². The van der Waals surface area contributed by atoms with Gasteiger partial charge in [0.15, 0.2) is 5.69 Å². The molecule has 18 heavy (non-hydrogen) atoms. The first kappa shape index (κ1) is 12.2. The normalized spacial score (nSPS) is 11.2. The number of anilines is 1. The molecule has 0 unspecified atom stereocenters. The van der Waals surface area contributed by atoms with Gasteiger partial charge in [0.25, 0.3) is 5.91 Å². The SMILES string of the molecule is NS(=O)(=O)c1cccc(NC(=O)c2cn[nH]n2)c1. The molecule has 8 nitrogen and oxygen atoms in total. The number of sulfonamides is 1. The lowest BCUT2D eigenvalue weighted by Crippen LogP contribution is -2.15. The minimum absolute atomic E-state index is 0.0829. The Hall–Kier alpha value is -2.26. The van der Waals surface area contributed by atoms with Gasteiger partial charge < -0.3 is 5.32 Å². The van der Waals surface area contributed by atoms with Crippen LogP contribution in [-0.2, 0) is 10.0 Å². The zero-order valence-corrected chi connectivity index (χ0v) is 9.81. The number of hydrogen-bond acceptors (Lipinski definition) is 5. The third-order valence-electron chi connectivity index (χ3n) is 2.07. The van der Waals surface area contributed by atoms with Crippen LogP contribution < -0.4 is 10.5 Å². The van der Waals surface area contributed by atoms with Crippen LogP contribution in [0.5, 0.6) is 0 Å². The van der Waals surface area contributed by atoms with E-state index >= 15 is 0 Å². The lowest BCUT2D eigenvalue weighted by molar-refractivity contribution is 0.102. The van der Waals surface area contributed by atoms with Crippen molar-refractivity contribution in [2.75, 3.05) is 5.32 Å². The summed E-state index contributed by atoms with van der Waals surface area (Å²) < 4.78 is 22.3. The topological polar surface area (TPSA) is 131 Å². The molecule has 1 amide bonds. The molecule has 0 saturated carbocycles. The number of benzene rings is 1. The number of hydrogen-bond donors (Lipinski definition) is 3. The zero-order chi connectivity index (χ0) is 13.2. The van der Waals surface area contributed by atoms with Crippen molar-refractivity contribution in [2.45, 2.75) is 4.90 Å². The van der Waals surface area contributed by atoms with Crippen molar-refractivity contribution < 1.29 is 13.2 Å². The van der Waals surface area contributed by atoms with E-state index in [1.807, 2.05) is 0 Å². The Bertz CT molecular complexity index is 665. The van der Waals surface area contributed by atoms with E-state index in [1.165, 1.54) is 30.5 Å². The molecule has 0 aliphatic carbocycles. The Labute approximate surface area is 102 Å². The van der Waals surface area contributed by atoms with E-state index in [4.69, 9.17) is 5.14 Å². The van der Waals surface area contributed by atoms with Crippen molar-refractivity contribution >= 4 is 21.6 Å². The van der Waals surface area contributed by atoms with E-state index in [9.17, 15) is 13.2 Å². The monoisotopic (exact) mass is 267 g/mol. The summed E-state index contributed by atoms with van der Waals surface area (Å²) in [7, 11) is -3.80. The molecular weight excluding hydrogens is 258 g/mol. The number of nitrogens with one attached hydrogen (secondary N) is 2. The highest BCUT2D eigenvalue weighted by Gasteiger charge is 2.11. The summed E-state index contributed by atoms with van der Waals surface area (Å²) in [5.74, 6) is -0.504. The van der Waals surface area contributed by atoms with Gasteiger partial charge in [-0.05, 0) is 18.2 Å². The molecule has 4 N–H and O–H groups in total. The summed E-state index contributed by atoms with van der Waals surface area (Å²) in [6, 6.07) is 5.60. The van der Waals surface area contributed by atoms with Gasteiger partial charge in [-0.25, -0.2) is 13.6 Å². The fourth-order valence-electron chi connectivity index (χ4n) is 1.26. The number of rotatable bonds is 3. The Morgan fingerprint density at radius 1 is 1.39 bits per heavy atom. The first-order valence-corrected chi connectivity index (χ1v) is 6.31. The van der Waals surface area contributed by atoms with Crippen molar-refractivity contribution in [1.82, 2.24) is 15.4 Å². The van der Waals surface area contributed by atoms with Crippen molar-refractivity contribution in [2.24, 2.45) is 5.14 Å². The van der Waals surface area contributed by atoms with Gasteiger partial charge >= 0.3 is 0 Å². The molecule has 1 heterocycles. The molecule has 0 spiro atoms. The van der Waals surface area contributed by atoms with Gasteiger partial charge in [-0.2, -0.15) is 15.4 Å². The minimum atomic E-state index is -3.80. The number of primary sulfonamides is 1. The predicted molar refractivity (Wildman–Crippen MR) is 62.2 cm³/mol. The maximum absolute atomic E-state index is 11.6. The van der Waals surface area contributed by atoms with Crippen LogP contribution in [0.15, 0.2) is 35.4 Å². The van der Waals surface area contributed by atoms with Gasteiger partial charge in [0, 0.05) is 5.69 Å². The second-order valence-electron chi connectivity index (χ2n) is 3.38. The number of carbonyl (C=O) groups is 1. The van der Waals surface area contributed by atoms with Crippen molar-refractivity contribution in [1.29, 1.82) is 0 Å². The largest absolute Gasteiger partial charge is 0.321 e. The lowest BCUT2D eigenvalue weighted by Gasteiger charge is -2.04. The average molecular weight is 267 g/mol. The maximum atomic E-state index is 11.6. The quantitative estimate of drug-likeness (QED) is 0.702. The van der Waals surface area contributed by atoms with E-state index in [0.29, 0.717) is 5.69 Å². The number of nitrogens with two attached hydrogens (primary N) is 1. The molecule has 0 bridgehead atoms. The van der Waals surface area contributed by atoms with E-state index in [-0.39, 0.29) is 10.6 Å². The van der Waals surface area contributed by atoms with Gasteiger partial charge in [-0.3, -0.25) is 4.79 Å². The molecule has 9 heteroatoms. The second kappa shape index (κ2) is 4.55. The summed E-state index contributed by atoms with van der Waals surface area (Å²) in [6.07, 6.45) is 1.25. The Kier molecular flexibility index (Phi) is 3.08. The number of carbonyl (C=O) groups excluding carboxylic acids is 1. The molecule has 0 fully saturated rings. The fourth-order valence-corrected chi connectivity index (χ4v) is 1.82. The molecule has 0 atom stereocenters. The highest BCUT2D eigenvalue weighted by Crippen LogP contribution is 2.14. The van der Waals surface area contributed by atoms with Crippen LogP contribution in [0.1, 0.15) is 10.5 Å². The number of aromatic nitrogens is 3. The number of aromatic amines is 1. The van der Waals surface area contributed by atoms with Crippen molar-refractivity contribution in [3.8, 4) is 0 Å². The van der Waals surface area contributed by atoms with E-state index in [1.54, 1.807) is 0 Å². The molecular formula is C9H9N5O3S. The van der Waals surface area contributed by atoms with E-state index in [0.717, 1.165) is 0 Å². The summed E-state index contributed by atoms with van der Waals surface area (Å²) in [4.78, 5) is 11.5. The number of amides is 1. The van der Waals surface area contributed by atoms with Gasteiger partial charge in [0.1, 0.15) is 0 Å². The summed E-state index contributed by atoms with van der Waals surface area (Å²) in [5.41, 5.74) is 0.394. The van der Waals surface area contributed by atoms with E-state index < -0.39 is 15.9 Å². The number of H-pyrrole nitrogens is 1. The molecule has 94 valence electrons. The third-order valence-corrected chi connectivity index (χ3v) is 2.98. The van der Waals surface area contributed by atoms with Gasteiger partial charge in [0.05, 0.1) is 11.1 Å². The van der Waals surface area contributed by atoms with Gasteiger partial charge in [-0.1, -0.05) is 6.07 Å². The Morgan fingerprint density at radius 2 is 2.17 bits per heavy atom. The molecule has 0 saturated heterocycles. The van der Waals surface area contributed by atoms with Crippen LogP contribution in [0.25, 0.3) is 0 Å². The molecule has 1 aromatic heterocycles. The zero-order valence-electron chi connectivity index (χ0n) is 8.99. The molecule has 0 aliphatic rings. The van der Waals surface area contributed by atoms with Crippen molar-refractivity contribution in [3.63, 3.8) is 0 Å². The molecule has 0 aliphatic heterocycles. The maximum Gasteiger partial charge on any atom is 0.277 e. The fraction of sp³-hybridized carbons (Fsp3) is 0. The van der Waals surface area contributed by atoms with Crippen LogP contribution in [0.4, 0.5) is 5.69 Å². The van der Waals surface area contributed by atoms with Crippen LogP contribution in [0, 0.1) is 0 Å². The highest BCUT2D eigenvalue weighted by atomic mass is 32.2. The van der Waals surface area contributed by atoms with Gasteiger partial charge in [0.2, 0.25) is 10.0 Å². The molecule has 2 rings (SSSR count). The Balaban J connectivity index is 2.23. The standard InChI is InChI=1S/C9H9N5O3S/c10-18(16,17)7-3-1-2-6(4-7)12-9(15)8-5-11-14-13-8/h1-5H,(H,12,15)(H2,10,16,17)(H,11,13,14). The molecule has 1 aromatic carbocycles. The van der Waals surface area contributed by atoms with Crippen LogP contribution in [0.3, 0.4) is 0 Å². The first-order valence-electron chi connectivity index (χ1n) is 4.77. The second-order valence-corrected chi connectivity index (χ2v) is 4.94. The highest BCUT2D eigenvalue weighted by molar-refractivity contribution is 7.89. The smallest absolute Gasteiger partial charge is 0.277 e.